The first kappa shape index (κ1) is 32.3. The molecule has 0 saturated carbocycles. The van der Waals surface area contributed by atoms with Crippen LogP contribution in [0.25, 0.3) is 0 Å². The van der Waals surface area contributed by atoms with E-state index in [1.54, 1.807) is 12.1 Å². The highest BCUT2D eigenvalue weighted by atomic mass is 32.2. The maximum atomic E-state index is 13.7. The van der Waals surface area contributed by atoms with E-state index < -0.39 is 34.1 Å². The van der Waals surface area contributed by atoms with E-state index in [0.29, 0.717) is 5.75 Å². The summed E-state index contributed by atoms with van der Waals surface area (Å²) in [4.78, 5) is 25.0. The Kier molecular flexibility index (Phi) is 12.4. The topological polar surface area (TPSA) is 125 Å². The maximum Gasteiger partial charge on any atom is 0.243 e. The van der Waals surface area contributed by atoms with E-state index in [0.717, 1.165) is 12.0 Å². The molecule has 0 aliphatic carbocycles. The second-order valence-corrected chi connectivity index (χ2v) is 12.2. The fourth-order valence-corrected chi connectivity index (χ4v) is 5.74. The third kappa shape index (κ3) is 9.63. The quantitative estimate of drug-likeness (QED) is 0.307. The number of sulfonamides is 1. The average molecular weight is 562 g/mol. The Balaban J connectivity index is 2.39. The van der Waals surface area contributed by atoms with Gasteiger partial charge in [0.1, 0.15) is 11.8 Å². The van der Waals surface area contributed by atoms with E-state index in [2.05, 4.69) is 10.6 Å². The smallest absolute Gasteiger partial charge is 0.243 e. The van der Waals surface area contributed by atoms with Crippen molar-refractivity contribution in [2.24, 2.45) is 11.8 Å². The van der Waals surface area contributed by atoms with Crippen LogP contribution in [0.4, 0.5) is 0 Å². The molecule has 0 bridgehead atoms. The normalized spacial score (nSPS) is 14.9. The highest BCUT2D eigenvalue weighted by Crippen LogP contribution is 2.22. The van der Waals surface area contributed by atoms with Crippen molar-refractivity contribution >= 4 is 21.8 Å². The lowest BCUT2D eigenvalue weighted by Crippen LogP contribution is -2.56. The molecule has 9 nitrogen and oxygen atoms in total. The van der Waals surface area contributed by atoms with Crippen molar-refractivity contribution < 1.29 is 27.9 Å². The highest BCUT2D eigenvalue weighted by molar-refractivity contribution is 7.89. The molecule has 10 heteroatoms. The van der Waals surface area contributed by atoms with Crippen LogP contribution in [0.5, 0.6) is 5.75 Å². The van der Waals surface area contributed by atoms with Gasteiger partial charge in [-0.15, -0.1) is 0 Å². The largest absolute Gasteiger partial charge is 0.497 e. The number of aliphatic hydroxyl groups excluding tert-OH is 1. The number of aliphatic hydroxyl groups is 1. The first-order valence-corrected chi connectivity index (χ1v) is 14.8. The Hall–Kier alpha value is -2.95. The van der Waals surface area contributed by atoms with Crippen LogP contribution in [-0.2, 0) is 26.0 Å². The van der Waals surface area contributed by atoms with Gasteiger partial charge in [0.05, 0.1) is 24.2 Å². The molecule has 216 valence electrons. The van der Waals surface area contributed by atoms with Crippen molar-refractivity contribution in [1.82, 2.24) is 14.9 Å². The molecular weight excluding hydrogens is 518 g/mol. The first-order chi connectivity index (χ1) is 18.4. The molecule has 2 aromatic rings. The Morgan fingerprint density at radius 1 is 0.974 bits per heavy atom. The third-order valence-electron chi connectivity index (χ3n) is 6.70. The predicted octanol–water partition coefficient (Wildman–Crippen LogP) is 2.98. The molecule has 0 unspecified atom stereocenters. The van der Waals surface area contributed by atoms with Crippen LogP contribution in [0, 0.1) is 11.8 Å². The van der Waals surface area contributed by atoms with Gasteiger partial charge in [0.15, 0.2) is 0 Å². The molecule has 2 aromatic carbocycles. The van der Waals surface area contributed by atoms with E-state index >= 15 is 0 Å². The lowest BCUT2D eigenvalue weighted by molar-refractivity contribution is -0.130. The summed E-state index contributed by atoms with van der Waals surface area (Å²) >= 11 is 0. The van der Waals surface area contributed by atoms with Crippen molar-refractivity contribution in [2.45, 2.75) is 70.5 Å². The van der Waals surface area contributed by atoms with Gasteiger partial charge in [-0.25, -0.2) is 8.42 Å². The van der Waals surface area contributed by atoms with Gasteiger partial charge in [0.2, 0.25) is 21.8 Å². The zero-order valence-electron chi connectivity index (χ0n) is 23.8. The van der Waals surface area contributed by atoms with Crippen LogP contribution in [0.2, 0.25) is 0 Å². The van der Waals surface area contributed by atoms with E-state index in [9.17, 15) is 23.1 Å². The molecule has 0 saturated heterocycles. The summed E-state index contributed by atoms with van der Waals surface area (Å²) in [5.74, 6) is -0.397. The Morgan fingerprint density at radius 2 is 1.59 bits per heavy atom. The molecule has 4 atom stereocenters. The van der Waals surface area contributed by atoms with Crippen LogP contribution < -0.4 is 15.4 Å². The second-order valence-electron chi connectivity index (χ2n) is 10.3. The summed E-state index contributed by atoms with van der Waals surface area (Å²) in [6, 6.07) is 13.9. The molecule has 0 radical (unpaired) electrons. The van der Waals surface area contributed by atoms with E-state index in [-0.39, 0.29) is 42.1 Å². The number of hydrogen-bond acceptors (Lipinski definition) is 6. The SMILES string of the molecule is CC[C@H](C)CN(C[C@@H](O)[C@H](Cc1ccccc1)NC(=O)[C@@H](NC(C)=O)C(C)C)S(=O)(=O)c1ccc(OC)cc1. The average Bonchev–Trinajstić information content (AvgIpc) is 2.91. The first-order valence-electron chi connectivity index (χ1n) is 13.3. The number of methoxy groups -OCH3 is 1. The van der Waals surface area contributed by atoms with Crippen LogP contribution in [0.3, 0.4) is 0 Å². The van der Waals surface area contributed by atoms with Gasteiger partial charge in [-0.3, -0.25) is 9.59 Å². The Bertz CT molecular complexity index is 1160. The number of nitrogens with zero attached hydrogens (tertiary/aromatic N) is 1. The number of carbonyl (C=O) groups is 2. The van der Waals surface area contributed by atoms with Gasteiger partial charge in [-0.1, -0.05) is 64.4 Å². The standard InChI is InChI=1S/C29H43N3O6S/c1-7-21(4)18-32(39(36,37)25-15-13-24(38-6)14-16-25)19-27(34)26(17-23-11-9-8-10-12-23)31-29(35)28(20(2)3)30-22(5)33/h8-16,20-21,26-28,34H,7,17-19H2,1-6H3,(H,30,33)(H,31,35)/t21-,26-,27+,28-/m0/s1. The van der Waals surface area contributed by atoms with Crippen molar-refractivity contribution in [3.63, 3.8) is 0 Å². The lowest BCUT2D eigenvalue weighted by Gasteiger charge is -2.32. The van der Waals surface area contributed by atoms with Crippen molar-refractivity contribution in [1.29, 1.82) is 0 Å². The fourth-order valence-electron chi connectivity index (χ4n) is 4.16. The summed E-state index contributed by atoms with van der Waals surface area (Å²) in [7, 11) is -2.45. The molecule has 0 spiro atoms. The van der Waals surface area contributed by atoms with Crippen molar-refractivity contribution in [3.05, 3.63) is 60.2 Å². The van der Waals surface area contributed by atoms with E-state index in [4.69, 9.17) is 4.74 Å². The summed E-state index contributed by atoms with van der Waals surface area (Å²) in [5, 5.41) is 17.0. The van der Waals surface area contributed by atoms with Gasteiger partial charge in [0, 0.05) is 20.0 Å². The molecule has 3 N–H and O–H groups in total. The Labute approximate surface area is 233 Å². The second kappa shape index (κ2) is 15.0. The number of amides is 2. The maximum absolute atomic E-state index is 13.7. The number of rotatable bonds is 15. The molecule has 2 rings (SSSR count). The van der Waals surface area contributed by atoms with Gasteiger partial charge in [-0.2, -0.15) is 4.31 Å². The zero-order chi connectivity index (χ0) is 29.2. The third-order valence-corrected chi connectivity index (χ3v) is 8.54. The summed E-state index contributed by atoms with van der Waals surface area (Å²) in [6.45, 7) is 8.89. The van der Waals surface area contributed by atoms with E-state index in [1.165, 1.54) is 30.5 Å². The van der Waals surface area contributed by atoms with Gasteiger partial charge in [-0.05, 0) is 48.1 Å². The molecule has 0 heterocycles. The van der Waals surface area contributed by atoms with Gasteiger partial charge in [0.25, 0.3) is 0 Å². The minimum absolute atomic E-state index is 0.0393. The molecule has 0 aliphatic rings. The monoisotopic (exact) mass is 561 g/mol. The summed E-state index contributed by atoms with van der Waals surface area (Å²) < 4.78 is 33.8. The van der Waals surface area contributed by atoms with Crippen LogP contribution in [0.1, 0.15) is 46.6 Å². The fraction of sp³-hybridized carbons (Fsp3) is 0.517. The molecule has 0 aromatic heterocycles. The number of hydrogen-bond donors (Lipinski definition) is 3. The Morgan fingerprint density at radius 3 is 2.10 bits per heavy atom. The lowest BCUT2D eigenvalue weighted by atomic mass is 9.98. The number of nitrogens with one attached hydrogen (secondary N) is 2. The van der Waals surface area contributed by atoms with E-state index in [1.807, 2.05) is 58.0 Å². The molecule has 2 amide bonds. The highest BCUT2D eigenvalue weighted by Gasteiger charge is 2.33. The van der Waals surface area contributed by atoms with Crippen LogP contribution >= 0.6 is 0 Å². The summed E-state index contributed by atoms with van der Waals surface area (Å²) in [5.41, 5.74) is 0.869. The van der Waals surface area contributed by atoms with Crippen LogP contribution in [0.15, 0.2) is 59.5 Å². The molecular formula is C29H43N3O6S. The number of ether oxygens (including phenoxy) is 1. The predicted molar refractivity (Wildman–Crippen MR) is 152 cm³/mol. The zero-order valence-corrected chi connectivity index (χ0v) is 24.6. The van der Waals surface area contributed by atoms with Crippen molar-refractivity contribution in [2.75, 3.05) is 20.2 Å². The van der Waals surface area contributed by atoms with Gasteiger partial charge < -0.3 is 20.5 Å². The number of benzene rings is 2. The molecule has 39 heavy (non-hydrogen) atoms. The van der Waals surface area contributed by atoms with Crippen molar-refractivity contribution in [3.8, 4) is 5.75 Å². The molecule has 0 aliphatic heterocycles. The van der Waals surface area contributed by atoms with Crippen LogP contribution in [-0.4, -0.2) is 68.0 Å². The minimum atomic E-state index is -3.96. The summed E-state index contributed by atoms with van der Waals surface area (Å²) in [6.07, 6.45) is -0.198. The number of carbonyl (C=O) groups excluding carboxylic acids is 2. The minimum Gasteiger partial charge on any atom is -0.497 e. The van der Waals surface area contributed by atoms with Gasteiger partial charge >= 0.3 is 0 Å². The molecule has 0 fully saturated rings.